The second-order valence-corrected chi connectivity index (χ2v) is 4.66. The first kappa shape index (κ1) is 15.4. The summed E-state index contributed by atoms with van der Waals surface area (Å²) in [6.07, 6.45) is -4.57. The van der Waals surface area contributed by atoms with Crippen molar-refractivity contribution in [1.29, 1.82) is 0 Å². The lowest BCUT2D eigenvalue weighted by molar-refractivity contribution is -0.138. The van der Waals surface area contributed by atoms with Gasteiger partial charge in [-0.2, -0.15) is 13.2 Å². The third kappa shape index (κ3) is 3.58. The highest BCUT2D eigenvalue weighted by Gasteiger charge is 2.33. The number of alkyl halides is 3. The predicted octanol–water partition coefficient (Wildman–Crippen LogP) is 4.66. The van der Waals surface area contributed by atoms with E-state index in [9.17, 15) is 17.6 Å². The molecule has 2 rings (SSSR count). The summed E-state index contributed by atoms with van der Waals surface area (Å²) in [7, 11) is 0. The van der Waals surface area contributed by atoms with Crippen molar-refractivity contribution in [2.45, 2.75) is 12.8 Å². The van der Waals surface area contributed by atoms with Gasteiger partial charge < -0.3 is 10.5 Å². The van der Waals surface area contributed by atoms with Crippen LogP contribution in [0, 0.1) is 5.82 Å². The molecule has 0 bridgehead atoms. The Morgan fingerprint density at radius 1 is 1.14 bits per heavy atom. The lowest BCUT2D eigenvalue weighted by Gasteiger charge is -2.14. The van der Waals surface area contributed by atoms with Gasteiger partial charge in [0.1, 0.15) is 6.61 Å². The van der Waals surface area contributed by atoms with Gasteiger partial charge in [0.15, 0.2) is 11.6 Å². The van der Waals surface area contributed by atoms with E-state index in [0.29, 0.717) is 0 Å². The van der Waals surface area contributed by atoms with Crippen LogP contribution in [0.1, 0.15) is 11.1 Å². The van der Waals surface area contributed by atoms with Crippen molar-refractivity contribution in [3.8, 4) is 5.75 Å². The summed E-state index contributed by atoms with van der Waals surface area (Å²) in [5.74, 6) is -1.03. The lowest BCUT2D eigenvalue weighted by Crippen LogP contribution is -2.12. The molecule has 0 aromatic heterocycles. The highest BCUT2D eigenvalue weighted by Crippen LogP contribution is 2.34. The molecular weight excluding hydrogens is 310 g/mol. The number of rotatable bonds is 3. The fourth-order valence-electron chi connectivity index (χ4n) is 1.73. The number of hydrogen-bond donors (Lipinski definition) is 1. The van der Waals surface area contributed by atoms with Crippen LogP contribution in [0.25, 0.3) is 0 Å². The van der Waals surface area contributed by atoms with Crippen molar-refractivity contribution >= 4 is 17.3 Å². The van der Waals surface area contributed by atoms with E-state index in [1.165, 1.54) is 30.3 Å². The topological polar surface area (TPSA) is 35.2 Å². The molecule has 0 aliphatic carbocycles. The molecule has 112 valence electrons. The van der Waals surface area contributed by atoms with Gasteiger partial charge in [0.05, 0.1) is 10.6 Å². The van der Waals surface area contributed by atoms with Crippen molar-refractivity contribution in [1.82, 2.24) is 0 Å². The molecule has 7 heteroatoms. The van der Waals surface area contributed by atoms with Crippen LogP contribution in [0.15, 0.2) is 36.4 Å². The van der Waals surface area contributed by atoms with E-state index in [4.69, 9.17) is 22.1 Å². The molecule has 0 aliphatic rings. The molecule has 0 saturated carbocycles. The number of nitrogen functional groups attached to an aromatic ring is 1. The van der Waals surface area contributed by atoms with E-state index in [0.717, 1.165) is 6.07 Å². The van der Waals surface area contributed by atoms with Crippen molar-refractivity contribution < 1.29 is 22.3 Å². The van der Waals surface area contributed by atoms with Crippen LogP contribution in [0.3, 0.4) is 0 Å². The molecule has 0 fully saturated rings. The van der Waals surface area contributed by atoms with Crippen molar-refractivity contribution in [3.63, 3.8) is 0 Å². The van der Waals surface area contributed by atoms with E-state index >= 15 is 0 Å². The number of anilines is 1. The van der Waals surface area contributed by atoms with Gasteiger partial charge in [0.25, 0.3) is 0 Å². The maximum atomic E-state index is 13.6. The minimum Gasteiger partial charge on any atom is -0.486 e. The molecule has 0 heterocycles. The van der Waals surface area contributed by atoms with Gasteiger partial charge >= 0.3 is 6.18 Å². The molecule has 2 nitrogen and oxygen atoms in total. The first-order valence-electron chi connectivity index (χ1n) is 5.81. The molecule has 21 heavy (non-hydrogen) atoms. The van der Waals surface area contributed by atoms with E-state index in [2.05, 4.69) is 0 Å². The van der Waals surface area contributed by atoms with Crippen molar-refractivity contribution in [2.24, 2.45) is 0 Å². The second kappa shape index (κ2) is 5.81. The standard InChI is InChI=1S/C14H10ClF4NO/c15-11-2-1-3-12(13(11)16)21-7-8-4-5-9(20)6-10(8)14(17,18)19/h1-6H,7,20H2. The van der Waals surface area contributed by atoms with Crippen LogP contribution in [0.2, 0.25) is 5.02 Å². The lowest BCUT2D eigenvalue weighted by atomic mass is 10.1. The Kier molecular flexibility index (Phi) is 4.27. The van der Waals surface area contributed by atoms with E-state index in [1.807, 2.05) is 0 Å². The molecule has 0 atom stereocenters. The third-order valence-corrected chi connectivity index (χ3v) is 3.03. The number of hydrogen-bond acceptors (Lipinski definition) is 2. The Bertz CT molecular complexity index is 658. The molecule has 0 amide bonds. The van der Waals surface area contributed by atoms with Gasteiger partial charge in [0, 0.05) is 11.3 Å². The number of ether oxygens (including phenoxy) is 1. The fourth-order valence-corrected chi connectivity index (χ4v) is 1.90. The van der Waals surface area contributed by atoms with E-state index in [-0.39, 0.29) is 22.0 Å². The summed E-state index contributed by atoms with van der Waals surface area (Å²) in [5.41, 5.74) is 4.29. The van der Waals surface area contributed by atoms with Gasteiger partial charge in [-0.15, -0.1) is 0 Å². The Hall–Kier alpha value is -1.95. The van der Waals surface area contributed by atoms with E-state index < -0.39 is 24.2 Å². The van der Waals surface area contributed by atoms with Crippen molar-refractivity contribution in [3.05, 3.63) is 58.4 Å². The first-order chi connectivity index (χ1) is 9.79. The Balaban J connectivity index is 2.26. The summed E-state index contributed by atoms with van der Waals surface area (Å²) in [5, 5.41) is -0.166. The summed E-state index contributed by atoms with van der Waals surface area (Å²) >= 11 is 5.57. The SMILES string of the molecule is Nc1ccc(COc2cccc(Cl)c2F)c(C(F)(F)F)c1. The zero-order valence-electron chi connectivity index (χ0n) is 10.5. The second-order valence-electron chi connectivity index (χ2n) is 4.25. The maximum absolute atomic E-state index is 13.6. The molecule has 2 aromatic carbocycles. The van der Waals surface area contributed by atoms with Crippen LogP contribution in [0.4, 0.5) is 23.2 Å². The fraction of sp³-hybridized carbons (Fsp3) is 0.143. The molecular formula is C14H10ClF4NO. The van der Waals surface area contributed by atoms with Crippen LogP contribution in [-0.2, 0) is 12.8 Å². The van der Waals surface area contributed by atoms with Crippen molar-refractivity contribution in [2.75, 3.05) is 5.73 Å². The molecule has 0 aliphatic heterocycles. The summed E-state index contributed by atoms with van der Waals surface area (Å²) in [4.78, 5) is 0. The summed E-state index contributed by atoms with van der Waals surface area (Å²) in [6, 6.07) is 7.37. The predicted molar refractivity (Wildman–Crippen MR) is 71.6 cm³/mol. The highest BCUT2D eigenvalue weighted by atomic mass is 35.5. The largest absolute Gasteiger partial charge is 0.486 e. The number of benzene rings is 2. The Morgan fingerprint density at radius 2 is 1.86 bits per heavy atom. The number of nitrogens with two attached hydrogens (primary N) is 1. The Morgan fingerprint density at radius 3 is 2.52 bits per heavy atom. The van der Waals surface area contributed by atoms with Gasteiger partial charge in [-0.3, -0.25) is 0 Å². The zero-order valence-corrected chi connectivity index (χ0v) is 11.3. The molecule has 2 N–H and O–H groups in total. The monoisotopic (exact) mass is 319 g/mol. The molecule has 0 saturated heterocycles. The van der Waals surface area contributed by atoms with Crippen LogP contribution in [-0.4, -0.2) is 0 Å². The first-order valence-corrected chi connectivity index (χ1v) is 6.19. The van der Waals surface area contributed by atoms with Crippen LogP contribution < -0.4 is 10.5 Å². The summed E-state index contributed by atoms with van der Waals surface area (Å²) in [6.45, 7) is -0.452. The summed E-state index contributed by atoms with van der Waals surface area (Å²) < 4.78 is 57.4. The quantitative estimate of drug-likeness (QED) is 0.659. The van der Waals surface area contributed by atoms with E-state index in [1.54, 1.807) is 0 Å². The van der Waals surface area contributed by atoms with Crippen LogP contribution >= 0.6 is 11.6 Å². The molecule has 0 radical (unpaired) electrons. The Labute approximate surface area is 123 Å². The molecule has 0 spiro atoms. The minimum atomic E-state index is -4.57. The highest BCUT2D eigenvalue weighted by molar-refractivity contribution is 6.30. The molecule has 0 unspecified atom stereocenters. The number of halogens is 5. The molecule has 2 aromatic rings. The third-order valence-electron chi connectivity index (χ3n) is 2.74. The zero-order chi connectivity index (χ0) is 15.6. The maximum Gasteiger partial charge on any atom is 0.416 e. The van der Waals surface area contributed by atoms with Crippen LogP contribution in [0.5, 0.6) is 5.75 Å². The normalized spacial score (nSPS) is 11.5. The average molecular weight is 320 g/mol. The average Bonchev–Trinajstić information content (AvgIpc) is 2.40. The van der Waals surface area contributed by atoms with Gasteiger partial charge in [0.2, 0.25) is 0 Å². The van der Waals surface area contributed by atoms with Gasteiger partial charge in [-0.05, 0) is 24.3 Å². The smallest absolute Gasteiger partial charge is 0.416 e. The van der Waals surface area contributed by atoms with Gasteiger partial charge in [-0.1, -0.05) is 23.7 Å². The minimum absolute atomic E-state index is 0.0139. The van der Waals surface area contributed by atoms with Gasteiger partial charge in [-0.25, -0.2) is 4.39 Å².